The summed E-state index contributed by atoms with van der Waals surface area (Å²) in [4.78, 5) is 19.2. The van der Waals surface area contributed by atoms with Gasteiger partial charge in [-0.2, -0.15) is 0 Å². The summed E-state index contributed by atoms with van der Waals surface area (Å²) in [6.45, 7) is 3.75. The smallest absolute Gasteiger partial charge is 0.314 e. The number of hydrogen-bond donors (Lipinski definition) is 2. The first-order valence-electron chi connectivity index (χ1n) is 6.38. The van der Waals surface area contributed by atoms with E-state index in [4.69, 9.17) is 0 Å². The minimum Gasteiger partial charge on any atom is -0.481 e. The zero-order chi connectivity index (χ0) is 13.9. The standard InChI is InChI=1S/C15H18N2O2/c1-3-12(13-16-9-10-17-13)15(2,14(18)19)11-7-5-4-6-8-11/h4-10,12H,3H2,1-2H3,(H,16,17)(H,18,19). The highest BCUT2D eigenvalue weighted by Gasteiger charge is 2.44. The van der Waals surface area contributed by atoms with Crippen molar-refractivity contribution in [2.24, 2.45) is 0 Å². The average molecular weight is 258 g/mol. The summed E-state index contributed by atoms with van der Waals surface area (Å²) in [6.07, 6.45) is 4.09. The van der Waals surface area contributed by atoms with Gasteiger partial charge in [-0.15, -0.1) is 0 Å². The van der Waals surface area contributed by atoms with Gasteiger partial charge in [-0.25, -0.2) is 4.98 Å². The van der Waals surface area contributed by atoms with E-state index in [9.17, 15) is 9.90 Å². The van der Waals surface area contributed by atoms with Gasteiger partial charge in [0.25, 0.3) is 0 Å². The van der Waals surface area contributed by atoms with Gasteiger partial charge in [0, 0.05) is 18.3 Å². The summed E-state index contributed by atoms with van der Waals surface area (Å²) < 4.78 is 0. The van der Waals surface area contributed by atoms with E-state index >= 15 is 0 Å². The van der Waals surface area contributed by atoms with Gasteiger partial charge in [0.1, 0.15) is 5.82 Å². The zero-order valence-corrected chi connectivity index (χ0v) is 11.1. The highest BCUT2D eigenvalue weighted by Crippen LogP contribution is 2.40. The average Bonchev–Trinajstić information content (AvgIpc) is 2.94. The largest absolute Gasteiger partial charge is 0.481 e. The molecule has 100 valence electrons. The predicted molar refractivity (Wildman–Crippen MR) is 73.0 cm³/mol. The van der Waals surface area contributed by atoms with Gasteiger partial charge in [0.15, 0.2) is 0 Å². The molecule has 2 aromatic rings. The lowest BCUT2D eigenvalue weighted by Gasteiger charge is -2.32. The third-order valence-corrected chi connectivity index (χ3v) is 3.77. The molecule has 2 rings (SSSR count). The van der Waals surface area contributed by atoms with Gasteiger partial charge < -0.3 is 10.1 Å². The number of nitrogens with one attached hydrogen (secondary N) is 1. The Morgan fingerprint density at radius 3 is 2.58 bits per heavy atom. The highest BCUT2D eigenvalue weighted by atomic mass is 16.4. The van der Waals surface area contributed by atoms with E-state index in [1.165, 1.54) is 0 Å². The Balaban J connectivity index is 2.53. The van der Waals surface area contributed by atoms with Crippen molar-refractivity contribution in [2.45, 2.75) is 31.6 Å². The number of imidazole rings is 1. The Kier molecular flexibility index (Phi) is 3.69. The number of aromatic nitrogens is 2. The summed E-state index contributed by atoms with van der Waals surface area (Å²) >= 11 is 0. The first kappa shape index (κ1) is 13.3. The lowest BCUT2D eigenvalue weighted by atomic mass is 9.70. The van der Waals surface area contributed by atoms with Crippen molar-refractivity contribution in [3.63, 3.8) is 0 Å². The van der Waals surface area contributed by atoms with Crippen LogP contribution >= 0.6 is 0 Å². The monoisotopic (exact) mass is 258 g/mol. The Hall–Kier alpha value is -2.10. The number of aromatic amines is 1. The van der Waals surface area contributed by atoms with Crippen LogP contribution in [0.2, 0.25) is 0 Å². The normalized spacial score (nSPS) is 15.7. The molecule has 1 aromatic heterocycles. The minimum absolute atomic E-state index is 0.192. The molecule has 1 aromatic carbocycles. The zero-order valence-electron chi connectivity index (χ0n) is 11.1. The molecule has 4 nitrogen and oxygen atoms in total. The Morgan fingerprint density at radius 1 is 1.42 bits per heavy atom. The molecule has 0 amide bonds. The van der Waals surface area contributed by atoms with Crippen molar-refractivity contribution < 1.29 is 9.90 Å². The van der Waals surface area contributed by atoms with Crippen molar-refractivity contribution in [1.82, 2.24) is 9.97 Å². The highest BCUT2D eigenvalue weighted by molar-refractivity contribution is 5.82. The molecule has 1 heterocycles. The number of nitrogens with zero attached hydrogens (tertiary/aromatic N) is 1. The van der Waals surface area contributed by atoms with Gasteiger partial charge in [-0.1, -0.05) is 37.3 Å². The number of H-pyrrole nitrogens is 1. The van der Waals surface area contributed by atoms with Crippen LogP contribution in [0.25, 0.3) is 0 Å². The van der Waals surface area contributed by atoms with Crippen molar-refractivity contribution in [3.8, 4) is 0 Å². The van der Waals surface area contributed by atoms with Gasteiger partial charge in [-0.3, -0.25) is 4.79 Å². The molecule has 0 saturated heterocycles. The maximum Gasteiger partial charge on any atom is 0.314 e. The van der Waals surface area contributed by atoms with Crippen LogP contribution in [0, 0.1) is 0 Å². The van der Waals surface area contributed by atoms with Crippen molar-refractivity contribution >= 4 is 5.97 Å². The summed E-state index contributed by atoms with van der Waals surface area (Å²) in [5.74, 6) is -0.305. The van der Waals surface area contributed by atoms with Gasteiger partial charge >= 0.3 is 5.97 Å². The van der Waals surface area contributed by atoms with Crippen molar-refractivity contribution in [3.05, 3.63) is 54.1 Å². The molecule has 4 heteroatoms. The Morgan fingerprint density at radius 2 is 2.11 bits per heavy atom. The molecule has 0 aliphatic rings. The number of carboxylic acids is 1. The molecule has 0 aliphatic carbocycles. The lowest BCUT2D eigenvalue weighted by Crippen LogP contribution is -2.39. The SMILES string of the molecule is CCC(c1ncc[nH]1)C(C)(C(=O)O)c1ccccc1. The summed E-state index contributed by atoms with van der Waals surface area (Å²) in [7, 11) is 0. The van der Waals surface area contributed by atoms with E-state index in [0.29, 0.717) is 6.42 Å². The number of aliphatic carboxylic acids is 1. The quantitative estimate of drug-likeness (QED) is 0.866. The Bertz CT molecular complexity index is 537. The first-order valence-corrected chi connectivity index (χ1v) is 6.38. The Labute approximate surface area is 112 Å². The number of benzene rings is 1. The molecule has 19 heavy (non-hydrogen) atoms. The second-order valence-electron chi connectivity index (χ2n) is 4.81. The molecule has 0 radical (unpaired) electrons. The second kappa shape index (κ2) is 5.26. The number of hydrogen-bond acceptors (Lipinski definition) is 2. The summed E-state index contributed by atoms with van der Waals surface area (Å²) in [5.41, 5.74) is -0.195. The van der Waals surface area contributed by atoms with E-state index < -0.39 is 11.4 Å². The molecule has 0 bridgehead atoms. The number of carbonyl (C=O) groups is 1. The van der Waals surface area contributed by atoms with Crippen LogP contribution in [0.5, 0.6) is 0 Å². The molecular weight excluding hydrogens is 240 g/mol. The minimum atomic E-state index is -0.992. The third-order valence-electron chi connectivity index (χ3n) is 3.77. The molecule has 0 saturated carbocycles. The van der Waals surface area contributed by atoms with Crippen molar-refractivity contribution in [1.29, 1.82) is 0 Å². The molecule has 2 N–H and O–H groups in total. The van der Waals surface area contributed by atoms with E-state index in [0.717, 1.165) is 11.4 Å². The lowest BCUT2D eigenvalue weighted by molar-refractivity contribution is -0.144. The van der Waals surface area contributed by atoms with E-state index in [1.54, 1.807) is 19.3 Å². The van der Waals surface area contributed by atoms with E-state index in [2.05, 4.69) is 9.97 Å². The fraction of sp³-hybridized carbons (Fsp3) is 0.333. The summed E-state index contributed by atoms with van der Waals surface area (Å²) in [5, 5.41) is 9.74. The van der Waals surface area contributed by atoms with Crippen LogP contribution < -0.4 is 0 Å². The molecule has 2 atom stereocenters. The third kappa shape index (κ3) is 2.26. The maximum absolute atomic E-state index is 11.9. The van der Waals surface area contributed by atoms with Crippen LogP contribution in [0.4, 0.5) is 0 Å². The van der Waals surface area contributed by atoms with E-state index in [1.807, 2.05) is 37.3 Å². The van der Waals surface area contributed by atoms with Gasteiger partial charge in [-0.05, 0) is 18.9 Å². The van der Waals surface area contributed by atoms with Crippen LogP contribution in [0.1, 0.15) is 37.6 Å². The first-order chi connectivity index (χ1) is 9.10. The van der Waals surface area contributed by atoms with Crippen molar-refractivity contribution in [2.75, 3.05) is 0 Å². The molecular formula is C15H18N2O2. The number of carboxylic acid groups (broad SMARTS) is 1. The van der Waals surface area contributed by atoms with Gasteiger partial charge in [0.2, 0.25) is 0 Å². The topological polar surface area (TPSA) is 66.0 Å². The molecule has 0 fully saturated rings. The van der Waals surface area contributed by atoms with Crippen LogP contribution in [0.15, 0.2) is 42.7 Å². The van der Waals surface area contributed by atoms with E-state index in [-0.39, 0.29) is 5.92 Å². The second-order valence-corrected chi connectivity index (χ2v) is 4.81. The molecule has 2 unspecified atom stereocenters. The number of rotatable bonds is 5. The molecule has 0 aliphatic heterocycles. The summed E-state index contributed by atoms with van der Waals surface area (Å²) in [6, 6.07) is 9.34. The van der Waals surface area contributed by atoms with Gasteiger partial charge in [0.05, 0.1) is 5.41 Å². The fourth-order valence-electron chi connectivity index (χ4n) is 2.60. The van der Waals surface area contributed by atoms with Crippen LogP contribution in [0.3, 0.4) is 0 Å². The molecule has 0 spiro atoms. The van der Waals surface area contributed by atoms with Crippen LogP contribution in [-0.4, -0.2) is 21.0 Å². The van der Waals surface area contributed by atoms with Crippen LogP contribution in [-0.2, 0) is 10.2 Å². The fourth-order valence-corrected chi connectivity index (χ4v) is 2.60. The predicted octanol–water partition coefficient (Wildman–Crippen LogP) is 2.95. The maximum atomic E-state index is 11.9.